The first-order valence-electron chi connectivity index (χ1n) is 6.52. The van der Waals surface area contributed by atoms with Crippen molar-refractivity contribution in [2.24, 2.45) is 10.7 Å². The van der Waals surface area contributed by atoms with Crippen LogP contribution in [0.2, 0.25) is 0 Å². The molecule has 0 aromatic heterocycles. The van der Waals surface area contributed by atoms with E-state index in [0.29, 0.717) is 5.56 Å². The smallest absolute Gasteiger partial charge is 0.323 e. The molecular formula is C14H14FN3O4S. The molecule has 9 heteroatoms. The van der Waals surface area contributed by atoms with Crippen LogP contribution in [0.4, 0.5) is 4.39 Å². The van der Waals surface area contributed by atoms with Crippen LogP contribution in [0.1, 0.15) is 5.56 Å². The average molecular weight is 339 g/mol. The molecule has 1 aromatic carbocycles. The van der Waals surface area contributed by atoms with E-state index in [1.165, 1.54) is 12.1 Å². The van der Waals surface area contributed by atoms with Gasteiger partial charge in [0.05, 0.1) is 6.04 Å². The van der Waals surface area contributed by atoms with Gasteiger partial charge in [-0.1, -0.05) is 6.07 Å². The van der Waals surface area contributed by atoms with E-state index in [1.54, 1.807) is 0 Å². The van der Waals surface area contributed by atoms with Crippen LogP contribution in [0.15, 0.2) is 28.9 Å². The number of rotatable bonds is 5. The summed E-state index contributed by atoms with van der Waals surface area (Å²) in [6.07, 6.45) is 1.29. The van der Waals surface area contributed by atoms with Crippen LogP contribution in [-0.2, 0) is 9.59 Å². The number of aliphatic carboxylic acids is 1. The van der Waals surface area contributed by atoms with Crippen molar-refractivity contribution in [3.63, 3.8) is 0 Å². The molecule has 1 aliphatic rings. The lowest BCUT2D eigenvalue weighted by Gasteiger charge is -2.19. The molecular weight excluding hydrogens is 325 g/mol. The number of carboxylic acids is 1. The maximum Gasteiger partial charge on any atom is 0.323 e. The number of benzene rings is 1. The predicted molar refractivity (Wildman–Crippen MR) is 84.7 cm³/mol. The Morgan fingerprint density at radius 2 is 2.22 bits per heavy atom. The minimum absolute atomic E-state index is 0.0661. The molecule has 0 radical (unpaired) electrons. The van der Waals surface area contributed by atoms with Gasteiger partial charge < -0.3 is 15.9 Å². The number of thiol groups is 1. The Morgan fingerprint density at radius 3 is 2.78 bits per heavy atom. The zero-order valence-electron chi connectivity index (χ0n) is 11.8. The van der Waals surface area contributed by atoms with Gasteiger partial charge in [-0.15, -0.1) is 0 Å². The van der Waals surface area contributed by atoms with Crippen molar-refractivity contribution in [2.75, 3.05) is 12.3 Å². The van der Waals surface area contributed by atoms with Crippen molar-refractivity contribution in [2.45, 2.75) is 6.04 Å². The number of carbonyl (C=O) groups is 2. The fourth-order valence-corrected chi connectivity index (χ4v) is 2.15. The summed E-state index contributed by atoms with van der Waals surface area (Å²) in [5.41, 5.74) is 6.02. The first-order valence-corrected chi connectivity index (χ1v) is 7.15. The number of hydrogen-bond acceptors (Lipinski definition) is 6. The van der Waals surface area contributed by atoms with Gasteiger partial charge in [-0.3, -0.25) is 14.5 Å². The van der Waals surface area contributed by atoms with E-state index < -0.39 is 36.0 Å². The van der Waals surface area contributed by atoms with Gasteiger partial charge in [0.25, 0.3) is 5.91 Å². The van der Waals surface area contributed by atoms with Gasteiger partial charge in [-0.25, -0.2) is 9.38 Å². The highest BCUT2D eigenvalue weighted by molar-refractivity contribution is 7.80. The van der Waals surface area contributed by atoms with Crippen molar-refractivity contribution < 1.29 is 24.2 Å². The molecule has 0 saturated heterocycles. The van der Waals surface area contributed by atoms with E-state index in [-0.39, 0.29) is 17.3 Å². The number of aromatic hydroxyl groups is 1. The minimum Gasteiger partial charge on any atom is -0.505 e. The van der Waals surface area contributed by atoms with E-state index in [1.807, 2.05) is 0 Å². The molecule has 2 rings (SSSR count). The fourth-order valence-electron chi connectivity index (χ4n) is 1.99. The fraction of sp³-hybridized carbons (Fsp3) is 0.214. The van der Waals surface area contributed by atoms with Gasteiger partial charge in [-0.2, -0.15) is 12.6 Å². The lowest BCUT2D eigenvalue weighted by atomic mass is 10.1. The summed E-state index contributed by atoms with van der Waals surface area (Å²) in [4.78, 5) is 28.2. The van der Waals surface area contributed by atoms with Crippen LogP contribution in [-0.4, -0.2) is 51.2 Å². The molecule has 1 atom stereocenters. The summed E-state index contributed by atoms with van der Waals surface area (Å²) in [6.45, 7) is -0.583. The summed E-state index contributed by atoms with van der Waals surface area (Å²) in [5, 5.41) is 18.1. The summed E-state index contributed by atoms with van der Waals surface area (Å²) < 4.78 is 13.3. The van der Waals surface area contributed by atoms with Crippen LogP contribution in [0, 0.1) is 5.82 Å². The second-order valence-electron chi connectivity index (χ2n) is 4.78. The highest BCUT2D eigenvalue weighted by Crippen LogP contribution is 2.22. The predicted octanol–water partition coefficient (Wildman–Crippen LogP) is 0.455. The van der Waals surface area contributed by atoms with E-state index in [2.05, 4.69) is 17.6 Å². The average Bonchev–Trinajstić information content (AvgIpc) is 2.79. The number of nitrogens with two attached hydrogens (primary N) is 1. The SMILES string of the molecule is N[C@@H](CS)C1=N/C(=C\c2ccc(O)c(F)c2)C(=O)N1CC(=O)O. The lowest BCUT2D eigenvalue weighted by molar-refractivity contribution is -0.140. The van der Waals surface area contributed by atoms with E-state index in [9.17, 15) is 14.0 Å². The van der Waals surface area contributed by atoms with Gasteiger partial charge in [-0.05, 0) is 23.8 Å². The molecule has 1 aromatic rings. The maximum absolute atomic E-state index is 13.3. The number of amides is 1. The standard InChI is InChI=1S/C14H14FN3O4S/c15-8-3-7(1-2-11(8)19)4-10-14(22)18(5-12(20)21)13(17-10)9(16)6-23/h1-4,9,19,23H,5-6,16H2,(H,20,21)/b10-4-/t9-/m0/s1. The minimum atomic E-state index is -1.21. The molecule has 7 nitrogen and oxygen atoms in total. The monoisotopic (exact) mass is 339 g/mol. The zero-order chi connectivity index (χ0) is 17.1. The van der Waals surface area contributed by atoms with Crippen molar-refractivity contribution in [1.29, 1.82) is 0 Å². The number of amidine groups is 1. The van der Waals surface area contributed by atoms with Crippen LogP contribution < -0.4 is 5.73 Å². The zero-order valence-corrected chi connectivity index (χ0v) is 12.7. The molecule has 1 aliphatic heterocycles. The van der Waals surface area contributed by atoms with Crippen LogP contribution in [0.5, 0.6) is 5.75 Å². The van der Waals surface area contributed by atoms with Crippen molar-refractivity contribution >= 4 is 36.4 Å². The summed E-state index contributed by atoms with van der Waals surface area (Å²) >= 11 is 4.02. The Bertz CT molecular complexity index is 720. The lowest BCUT2D eigenvalue weighted by Crippen LogP contribution is -2.46. The van der Waals surface area contributed by atoms with Gasteiger partial charge in [0.15, 0.2) is 11.6 Å². The first kappa shape index (κ1) is 17.0. The van der Waals surface area contributed by atoms with Gasteiger partial charge >= 0.3 is 5.97 Å². The first-order chi connectivity index (χ1) is 10.8. The number of nitrogens with zero attached hydrogens (tertiary/aromatic N) is 2. The quantitative estimate of drug-likeness (QED) is 0.459. The van der Waals surface area contributed by atoms with Crippen molar-refractivity contribution in [3.05, 3.63) is 35.3 Å². The number of phenolic OH excluding ortho intramolecular Hbond substituents is 1. The summed E-state index contributed by atoms with van der Waals surface area (Å²) in [5.74, 6) is -2.95. The number of hydrogen-bond donors (Lipinski definition) is 4. The van der Waals surface area contributed by atoms with Crippen molar-refractivity contribution in [1.82, 2.24) is 4.90 Å². The van der Waals surface area contributed by atoms with E-state index >= 15 is 0 Å². The molecule has 23 heavy (non-hydrogen) atoms. The second kappa shape index (κ2) is 6.80. The number of halogens is 1. The molecule has 0 saturated carbocycles. The van der Waals surface area contributed by atoms with Crippen LogP contribution in [0.3, 0.4) is 0 Å². The Morgan fingerprint density at radius 1 is 1.52 bits per heavy atom. The Hall–Kier alpha value is -2.39. The van der Waals surface area contributed by atoms with Crippen LogP contribution >= 0.6 is 12.6 Å². The molecule has 1 amide bonds. The molecule has 0 bridgehead atoms. The molecule has 1 heterocycles. The number of aliphatic imine (C=N–C) groups is 1. The highest BCUT2D eigenvalue weighted by Gasteiger charge is 2.34. The molecule has 0 fully saturated rings. The Kier molecular flexibility index (Phi) is 5.02. The number of carbonyl (C=O) groups excluding carboxylic acids is 1. The topological polar surface area (TPSA) is 116 Å². The van der Waals surface area contributed by atoms with Crippen molar-refractivity contribution in [3.8, 4) is 5.75 Å². The number of phenols is 1. The second-order valence-corrected chi connectivity index (χ2v) is 5.15. The largest absolute Gasteiger partial charge is 0.505 e. The third kappa shape index (κ3) is 3.69. The Labute approximate surface area is 136 Å². The molecule has 0 aliphatic carbocycles. The van der Waals surface area contributed by atoms with E-state index in [4.69, 9.17) is 15.9 Å². The van der Waals surface area contributed by atoms with Gasteiger partial charge in [0, 0.05) is 5.75 Å². The molecule has 122 valence electrons. The third-order valence-electron chi connectivity index (χ3n) is 3.07. The highest BCUT2D eigenvalue weighted by atomic mass is 32.1. The summed E-state index contributed by atoms with van der Waals surface area (Å²) in [6, 6.07) is 2.85. The number of carboxylic acid groups (broad SMARTS) is 1. The van der Waals surface area contributed by atoms with E-state index in [0.717, 1.165) is 17.0 Å². The Balaban J connectivity index is 2.39. The van der Waals surface area contributed by atoms with Crippen LogP contribution in [0.25, 0.3) is 6.08 Å². The van der Waals surface area contributed by atoms with Gasteiger partial charge in [0.2, 0.25) is 0 Å². The maximum atomic E-state index is 13.3. The molecule has 0 unspecified atom stereocenters. The molecule has 4 N–H and O–H groups in total. The third-order valence-corrected chi connectivity index (χ3v) is 3.47. The summed E-state index contributed by atoms with van der Waals surface area (Å²) in [7, 11) is 0. The normalized spacial score (nSPS) is 17.5. The molecule has 0 spiro atoms. The van der Waals surface area contributed by atoms with Gasteiger partial charge in [0.1, 0.15) is 18.1 Å².